The summed E-state index contributed by atoms with van der Waals surface area (Å²) in [6.07, 6.45) is 18.0. The van der Waals surface area contributed by atoms with Gasteiger partial charge in [-0.05, 0) is 159 Å². The highest BCUT2D eigenvalue weighted by atomic mass is 16.5. The molecule has 0 radical (unpaired) electrons. The molecule has 7 saturated carbocycles. The normalized spacial score (nSPS) is 43.1. The van der Waals surface area contributed by atoms with Crippen molar-refractivity contribution in [1.82, 2.24) is 14.9 Å². The molecule has 1 saturated heterocycles. The SMILES string of the molecule is CC1(C2CC[C@]3(C(=O)N4CCC(c5ncc(-c6ccccc6)[nH]5)CC4)CC[C@]4(C)[C@H](CC[C@@H]5[C@@]6(C)CC[C@H](OC(=O)[C@H]7C[C@@H](C(=O)O)C7(C)C)C(C)(C)[C@@H]6CC[C@]54C)[C@@H]23)CC1. The number of fused-ring (bicyclic) bond motifs is 7. The van der Waals surface area contributed by atoms with E-state index in [2.05, 4.69) is 75.7 Å². The lowest BCUT2D eigenvalue weighted by molar-refractivity contribution is -0.253. The van der Waals surface area contributed by atoms with Gasteiger partial charge in [-0.15, -0.1) is 0 Å². The van der Waals surface area contributed by atoms with E-state index in [0.717, 1.165) is 81.5 Å². The molecule has 10 rings (SSSR count). The van der Waals surface area contributed by atoms with Gasteiger partial charge >= 0.3 is 11.9 Å². The van der Waals surface area contributed by atoms with Gasteiger partial charge in [0.25, 0.3) is 0 Å². The van der Waals surface area contributed by atoms with Crippen molar-refractivity contribution in [1.29, 1.82) is 0 Å². The number of hydrogen-bond donors (Lipinski definition) is 2. The lowest BCUT2D eigenvalue weighted by Crippen LogP contribution is -2.68. The smallest absolute Gasteiger partial charge is 0.309 e. The highest BCUT2D eigenvalue weighted by Gasteiger charge is 2.74. The molecule has 8 fully saturated rings. The number of carbonyl (C=O) groups excluding carboxylic acids is 2. The van der Waals surface area contributed by atoms with E-state index in [9.17, 15) is 14.7 Å². The molecule has 1 aromatic carbocycles. The number of H-pyrrole nitrogens is 1. The van der Waals surface area contributed by atoms with Gasteiger partial charge in [-0.1, -0.05) is 85.7 Å². The maximum absolute atomic E-state index is 15.4. The van der Waals surface area contributed by atoms with Crippen molar-refractivity contribution >= 4 is 17.8 Å². The summed E-state index contributed by atoms with van der Waals surface area (Å²) in [7, 11) is 0. The molecule has 8 aliphatic rings. The van der Waals surface area contributed by atoms with Crippen LogP contribution in [0.2, 0.25) is 0 Å². The Balaban J connectivity index is 0.869. The van der Waals surface area contributed by atoms with E-state index in [4.69, 9.17) is 9.72 Å². The zero-order valence-corrected chi connectivity index (χ0v) is 38.7. The first kappa shape index (κ1) is 41.8. The molecule has 332 valence electrons. The summed E-state index contributed by atoms with van der Waals surface area (Å²) in [5, 5.41) is 9.72. The zero-order valence-electron chi connectivity index (χ0n) is 38.7. The van der Waals surface area contributed by atoms with Crippen LogP contribution in [0, 0.1) is 79.3 Å². The molecule has 8 nitrogen and oxygen atoms in total. The van der Waals surface area contributed by atoms with Crippen molar-refractivity contribution in [3.8, 4) is 11.3 Å². The number of imidazole rings is 1. The maximum atomic E-state index is 15.4. The third kappa shape index (κ3) is 5.93. The van der Waals surface area contributed by atoms with Gasteiger partial charge in [-0.3, -0.25) is 14.4 Å². The van der Waals surface area contributed by atoms with Crippen LogP contribution in [0.25, 0.3) is 11.3 Å². The fraction of sp³-hybridized carbons (Fsp3) is 0.774. The van der Waals surface area contributed by atoms with Crippen molar-refractivity contribution in [2.75, 3.05) is 13.1 Å². The lowest BCUT2D eigenvalue weighted by atomic mass is 9.32. The molecule has 7 aliphatic carbocycles. The number of nitrogens with one attached hydrogen (secondary N) is 1. The minimum atomic E-state index is -0.809. The van der Waals surface area contributed by atoms with Gasteiger partial charge in [-0.25, -0.2) is 4.98 Å². The second kappa shape index (κ2) is 13.9. The topological polar surface area (TPSA) is 113 Å². The summed E-state index contributed by atoms with van der Waals surface area (Å²) in [4.78, 5) is 51.8. The number of carboxylic acids is 1. The van der Waals surface area contributed by atoms with Crippen molar-refractivity contribution in [3.05, 3.63) is 42.4 Å². The van der Waals surface area contributed by atoms with Crippen LogP contribution in [0.5, 0.6) is 0 Å². The van der Waals surface area contributed by atoms with Gasteiger partial charge < -0.3 is 19.7 Å². The molecule has 61 heavy (non-hydrogen) atoms. The van der Waals surface area contributed by atoms with Gasteiger partial charge in [0.15, 0.2) is 0 Å². The number of aliphatic carboxylic acids is 1. The predicted molar refractivity (Wildman–Crippen MR) is 237 cm³/mol. The molecule has 12 atom stereocenters. The molecular formula is C53H75N3O5. The quantitative estimate of drug-likeness (QED) is 0.269. The molecule has 2 N–H and O–H groups in total. The number of carbonyl (C=O) groups is 3. The summed E-state index contributed by atoms with van der Waals surface area (Å²) in [5.41, 5.74) is 2.16. The molecule has 0 bridgehead atoms. The third-order valence-electron chi connectivity index (χ3n) is 21.7. The number of likely N-dealkylation sites (tertiary alicyclic amines) is 1. The summed E-state index contributed by atoms with van der Waals surface area (Å²) in [6, 6.07) is 10.4. The molecule has 1 unspecified atom stereocenters. The molecule has 0 spiro atoms. The van der Waals surface area contributed by atoms with Gasteiger partial charge in [-0.2, -0.15) is 0 Å². The maximum Gasteiger partial charge on any atom is 0.309 e. The summed E-state index contributed by atoms with van der Waals surface area (Å²) >= 11 is 0. The highest BCUT2D eigenvalue weighted by molar-refractivity contribution is 5.84. The average Bonchev–Trinajstić information content (AvgIpc) is 3.58. The number of amides is 1. The molecule has 8 heteroatoms. The standard InChI is InChI=1S/C53H75N3O5/c1-47(2)36(44(57)58)30-37(47)45(59)61-41-18-21-50(6)39(48(41,3)4)17-22-52(8)40(50)15-14-35-42-34(49(5)24-25-49)16-23-53(42,27-26-51(35,52)7)46(60)56-28-19-33(20-29-56)43-54-31-38(55-43)32-12-10-9-11-13-32/h9-13,31,33-37,39-42H,14-30H2,1-8H3,(H,54,55)(H,57,58)/t34?,35-,36+,37-,39+,40-,41+,42-,50+,51-,52-,53+/m1/s1. The van der Waals surface area contributed by atoms with Crippen molar-refractivity contribution in [3.63, 3.8) is 0 Å². The Bertz CT molecular complexity index is 2060. The van der Waals surface area contributed by atoms with Gasteiger partial charge in [0.1, 0.15) is 11.9 Å². The Morgan fingerprint density at radius 1 is 0.721 bits per heavy atom. The number of hydrogen-bond acceptors (Lipinski definition) is 5. The third-order valence-corrected chi connectivity index (χ3v) is 21.7. The van der Waals surface area contributed by atoms with Crippen molar-refractivity contribution in [2.24, 2.45) is 79.3 Å². The number of aromatic nitrogens is 2. The van der Waals surface area contributed by atoms with Gasteiger partial charge in [0, 0.05) is 24.4 Å². The minimum Gasteiger partial charge on any atom is -0.481 e. The Kier molecular flexibility index (Phi) is 9.54. The highest BCUT2D eigenvalue weighted by Crippen LogP contribution is 2.79. The first-order chi connectivity index (χ1) is 28.8. The van der Waals surface area contributed by atoms with E-state index in [1.807, 2.05) is 26.1 Å². The Labute approximate surface area is 365 Å². The largest absolute Gasteiger partial charge is 0.481 e. The van der Waals surface area contributed by atoms with E-state index >= 15 is 4.79 Å². The number of benzene rings is 1. The molecule has 2 aromatic rings. The lowest BCUT2D eigenvalue weighted by Gasteiger charge is -2.73. The predicted octanol–water partition coefficient (Wildman–Crippen LogP) is 11.3. The fourth-order valence-electron chi connectivity index (χ4n) is 17.4. The molecule has 1 aliphatic heterocycles. The van der Waals surface area contributed by atoms with Crippen LogP contribution >= 0.6 is 0 Å². The van der Waals surface area contributed by atoms with E-state index in [1.165, 1.54) is 38.5 Å². The molecule has 1 aromatic heterocycles. The molecule has 2 heterocycles. The molecular weight excluding hydrogens is 759 g/mol. The fourth-order valence-corrected chi connectivity index (χ4v) is 17.4. The van der Waals surface area contributed by atoms with E-state index in [0.29, 0.717) is 53.3 Å². The number of piperidine rings is 1. The second-order valence-electron chi connectivity index (χ2n) is 24.6. The Morgan fingerprint density at radius 2 is 1.44 bits per heavy atom. The van der Waals surface area contributed by atoms with Crippen LogP contribution in [0.15, 0.2) is 36.5 Å². The first-order valence-electron chi connectivity index (χ1n) is 24.6. The van der Waals surface area contributed by atoms with Gasteiger partial charge in [0.2, 0.25) is 5.91 Å². The van der Waals surface area contributed by atoms with E-state index in [-0.39, 0.29) is 45.1 Å². The van der Waals surface area contributed by atoms with Crippen LogP contribution < -0.4 is 0 Å². The van der Waals surface area contributed by atoms with Crippen molar-refractivity contribution < 1.29 is 24.2 Å². The Hall–Kier alpha value is -3.16. The van der Waals surface area contributed by atoms with Crippen molar-refractivity contribution in [2.45, 2.75) is 164 Å². The second-order valence-corrected chi connectivity index (χ2v) is 24.6. The number of rotatable bonds is 7. The molecule has 1 amide bonds. The minimum absolute atomic E-state index is 0.148. The first-order valence-corrected chi connectivity index (χ1v) is 24.6. The van der Waals surface area contributed by atoms with E-state index in [1.54, 1.807) is 0 Å². The summed E-state index contributed by atoms with van der Waals surface area (Å²) < 4.78 is 6.49. The van der Waals surface area contributed by atoms with Crippen LogP contribution in [0.1, 0.15) is 163 Å². The average molecular weight is 834 g/mol. The van der Waals surface area contributed by atoms with Crippen LogP contribution in [-0.2, 0) is 19.1 Å². The van der Waals surface area contributed by atoms with Crippen LogP contribution in [0.4, 0.5) is 0 Å². The van der Waals surface area contributed by atoms with Gasteiger partial charge in [0.05, 0.1) is 29.1 Å². The number of carboxylic acid groups (broad SMARTS) is 1. The zero-order chi connectivity index (χ0) is 43.1. The summed E-state index contributed by atoms with van der Waals surface area (Å²) in [6.45, 7) is 20.8. The number of aromatic amines is 1. The van der Waals surface area contributed by atoms with Crippen LogP contribution in [0.3, 0.4) is 0 Å². The number of nitrogens with zero attached hydrogens (tertiary/aromatic N) is 2. The number of ether oxygens (including phenoxy) is 1. The van der Waals surface area contributed by atoms with Crippen LogP contribution in [-0.4, -0.2) is 57.0 Å². The Morgan fingerprint density at radius 3 is 2.11 bits per heavy atom. The summed E-state index contributed by atoms with van der Waals surface area (Å²) in [5.74, 6) is 2.80. The number of esters is 1. The monoisotopic (exact) mass is 834 g/mol. The van der Waals surface area contributed by atoms with E-state index < -0.39 is 17.3 Å².